The van der Waals surface area contributed by atoms with Gasteiger partial charge in [0, 0.05) is 19.2 Å². The molecule has 0 aromatic heterocycles. The number of aliphatic hydroxyl groups excluding tert-OH is 1. The Morgan fingerprint density at radius 2 is 2.38 bits per heavy atom. The SMILES string of the molecule is CCC1OCCC1CNC(C)CO. The molecule has 1 heterocycles. The van der Waals surface area contributed by atoms with Crippen LogP contribution in [0.3, 0.4) is 0 Å². The molecule has 0 radical (unpaired) electrons. The van der Waals surface area contributed by atoms with Crippen molar-refractivity contribution in [3.8, 4) is 0 Å². The van der Waals surface area contributed by atoms with Gasteiger partial charge in [0.2, 0.25) is 0 Å². The highest BCUT2D eigenvalue weighted by atomic mass is 16.5. The molecule has 0 saturated carbocycles. The van der Waals surface area contributed by atoms with E-state index in [1.54, 1.807) is 0 Å². The Balaban J connectivity index is 2.19. The van der Waals surface area contributed by atoms with Gasteiger partial charge in [0.15, 0.2) is 0 Å². The fraction of sp³-hybridized carbons (Fsp3) is 1.00. The molecule has 13 heavy (non-hydrogen) atoms. The number of ether oxygens (including phenoxy) is 1. The quantitative estimate of drug-likeness (QED) is 0.668. The van der Waals surface area contributed by atoms with Gasteiger partial charge in [-0.15, -0.1) is 0 Å². The Labute approximate surface area is 80.5 Å². The van der Waals surface area contributed by atoms with E-state index in [4.69, 9.17) is 9.84 Å². The van der Waals surface area contributed by atoms with Gasteiger partial charge in [0.1, 0.15) is 0 Å². The van der Waals surface area contributed by atoms with Gasteiger partial charge in [-0.3, -0.25) is 0 Å². The standard InChI is InChI=1S/C10H21NO2/c1-3-10-9(4-5-13-10)6-11-8(2)7-12/h8-12H,3-7H2,1-2H3. The van der Waals surface area contributed by atoms with Crippen molar-refractivity contribution in [3.63, 3.8) is 0 Å². The van der Waals surface area contributed by atoms with Crippen LogP contribution < -0.4 is 5.32 Å². The molecule has 3 unspecified atom stereocenters. The largest absolute Gasteiger partial charge is 0.395 e. The van der Waals surface area contributed by atoms with E-state index in [9.17, 15) is 0 Å². The Hall–Kier alpha value is -0.120. The van der Waals surface area contributed by atoms with Crippen molar-refractivity contribution in [1.82, 2.24) is 5.32 Å². The summed E-state index contributed by atoms with van der Waals surface area (Å²) in [5.41, 5.74) is 0. The third kappa shape index (κ3) is 3.25. The van der Waals surface area contributed by atoms with E-state index in [2.05, 4.69) is 12.2 Å². The van der Waals surface area contributed by atoms with Crippen LogP contribution >= 0.6 is 0 Å². The average molecular weight is 187 g/mol. The Morgan fingerprint density at radius 1 is 1.62 bits per heavy atom. The molecular weight excluding hydrogens is 166 g/mol. The molecule has 0 spiro atoms. The Kier molecular flexibility index (Phi) is 4.70. The minimum atomic E-state index is 0.207. The summed E-state index contributed by atoms with van der Waals surface area (Å²) in [5.74, 6) is 0.638. The summed E-state index contributed by atoms with van der Waals surface area (Å²) in [5, 5.41) is 12.1. The maximum Gasteiger partial charge on any atom is 0.0613 e. The Bertz CT molecular complexity index is 141. The molecule has 3 heteroatoms. The van der Waals surface area contributed by atoms with Gasteiger partial charge in [-0.05, 0) is 25.7 Å². The third-order valence-electron chi connectivity index (χ3n) is 2.75. The van der Waals surface area contributed by atoms with Gasteiger partial charge in [-0.25, -0.2) is 0 Å². The lowest BCUT2D eigenvalue weighted by atomic mass is 9.99. The zero-order chi connectivity index (χ0) is 9.68. The van der Waals surface area contributed by atoms with Crippen LogP contribution in [-0.4, -0.2) is 37.0 Å². The molecule has 0 bridgehead atoms. The minimum absolute atomic E-state index is 0.207. The van der Waals surface area contributed by atoms with E-state index in [1.165, 1.54) is 0 Å². The van der Waals surface area contributed by atoms with Gasteiger partial charge in [-0.2, -0.15) is 0 Å². The van der Waals surface area contributed by atoms with Crippen molar-refractivity contribution in [2.45, 2.75) is 38.8 Å². The summed E-state index contributed by atoms with van der Waals surface area (Å²) in [6, 6.07) is 0.207. The first-order valence-corrected chi connectivity index (χ1v) is 5.23. The first kappa shape index (κ1) is 11.0. The van der Waals surface area contributed by atoms with E-state index >= 15 is 0 Å². The summed E-state index contributed by atoms with van der Waals surface area (Å²) in [7, 11) is 0. The monoisotopic (exact) mass is 187 g/mol. The van der Waals surface area contributed by atoms with E-state index in [0.717, 1.165) is 26.0 Å². The van der Waals surface area contributed by atoms with Crippen LogP contribution in [-0.2, 0) is 4.74 Å². The normalized spacial score (nSPS) is 30.7. The number of nitrogens with one attached hydrogen (secondary N) is 1. The molecule has 0 amide bonds. The highest BCUT2D eigenvalue weighted by molar-refractivity contribution is 4.77. The van der Waals surface area contributed by atoms with Crippen molar-refractivity contribution >= 4 is 0 Å². The number of aliphatic hydroxyl groups is 1. The van der Waals surface area contributed by atoms with Gasteiger partial charge in [-0.1, -0.05) is 6.92 Å². The van der Waals surface area contributed by atoms with Gasteiger partial charge in [0.25, 0.3) is 0 Å². The topological polar surface area (TPSA) is 41.5 Å². The van der Waals surface area contributed by atoms with Crippen LogP contribution in [0, 0.1) is 5.92 Å². The number of hydrogen-bond acceptors (Lipinski definition) is 3. The van der Waals surface area contributed by atoms with Crippen LogP contribution in [0.1, 0.15) is 26.7 Å². The molecule has 0 aromatic carbocycles. The summed E-state index contributed by atoms with van der Waals surface area (Å²) in [4.78, 5) is 0. The van der Waals surface area contributed by atoms with Gasteiger partial charge >= 0.3 is 0 Å². The second kappa shape index (κ2) is 5.58. The molecule has 1 fully saturated rings. The molecule has 2 N–H and O–H groups in total. The number of hydrogen-bond donors (Lipinski definition) is 2. The lowest BCUT2D eigenvalue weighted by Crippen LogP contribution is -2.36. The van der Waals surface area contributed by atoms with Gasteiger partial charge < -0.3 is 15.2 Å². The molecular formula is C10H21NO2. The predicted molar refractivity (Wildman–Crippen MR) is 52.7 cm³/mol. The molecule has 3 nitrogen and oxygen atoms in total. The minimum Gasteiger partial charge on any atom is -0.395 e. The Morgan fingerprint density at radius 3 is 3.00 bits per heavy atom. The van der Waals surface area contributed by atoms with E-state index in [1.807, 2.05) is 6.92 Å². The highest BCUT2D eigenvalue weighted by Gasteiger charge is 2.26. The smallest absolute Gasteiger partial charge is 0.0613 e. The average Bonchev–Trinajstić information content (AvgIpc) is 2.61. The van der Waals surface area contributed by atoms with Crippen LogP contribution in [0.4, 0.5) is 0 Å². The van der Waals surface area contributed by atoms with Crippen molar-refractivity contribution in [2.24, 2.45) is 5.92 Å². The van der Waals surface area contributed by atoms with E-state index in [0.29, 0.717) is 12.0 Å². The third-order valence-corrected chi connectivity index (χ3v) is 2.75. The maximum absolute atomic E-state index is 8.84. The van der Waals surface area contributed by atoms with Crippen LogP contribution in [0.5, 0.6) is 0 Å². The van der Waals surface area contributed by atoms with E-state index in [-0.39, 0.29) is 12.6 Å². The lowest BCUT2D eigenvalue weighted by molar-refractivity contribution is 0.0860. The zero-order valence-electron chi connectivity index (χ0n) is 8.62. The van der Waals surface area contributed by atoms with Crippen LogP contribution in [0.2, 0.25) is 0 Å². The lowest BCUT2D eigenvalue weighted by Gasteiger charge is -2.19. The van der Waals surface area contributed by atoms with Crippen LogP contribution in [0.15, 0.2) is 0 Å². The summed E-state index contributed by atoms with van der Waals surface area (Å²) >= 11 is 0. The molecule has 78 valence electrons. The van der Waals surface area contributed by atoms with Gasteiger partial charge in [0.05, 0.1) is 12.7 Å². The van der Waals surface area contributed by atoms with Crippen molar-refractivity contribution in [1.29, 1.82) is 0 Å². The molecule has 3 atom stereocenters. The summed E-state index contributed by atoms with van der Waals surface area (Å²) < 4.78 is 5.58. The zero-order valence-corrected chi connectivity index (χ0v) is 8.62. The second-order valence-corrected chi connectivity index (χ2v) is 3.86. The second-order valence-electron chi connectivity index (χ2n) is 3.86. The molecule has 0 aromatic rings. The summed E-state index contributed by atoms with van der Waals surface area (Å²) in [6.07, 6.45) is 2.68. The molecule has 1 aliphatic rings. The maximum atomic E-state index is 8.84. The van der Waals surface area contributed by atoms with Crippen LogP contribution in [0.25, 0.3) is 0 Å². The summed E-state index contributed by atoms with van der Waals surface area (Å²) in [6.45, 7) is 6.25. The molecule has 0 aliphatic carbocycles. The highest BCUT2D eigenvalue weighted by Crippen LogP contribution is 2.22. The first-order valence-electron chi connectivity index (χ1n) is 5.23. The van der Waals surface area contributed by atoms with E-state index < -0.39 is 0 Å². The number of rotatable bonds is 5. The predicted octanol–water partition coefficient (Wildman–Crippen LogP) is 0.772. The van der Waals surface area contributed by atoms with Crippen molar-refractivity contribution in [2.75, 3.05) is 19.8 Å². The fourth-order valence-corrected chi connectivity index (χ4v) is 1.79. The molecule has 1 aliphatic heterocycles. The van der Waals surface area contributed by atoms with Crippen molar-refractivity contribution < 1.29 is 9.84 Å². The first-order chi connectivity index (χ1) is 6.27. The fourth-order valence-electron chi connectivity index (χ4n) is 1.79. The molecule has 1 saturated heterocycles. The molecule has 1 rings (SSSR count). The van der Waals surface area contributed by atoms with Crippen molar-refractivity contribution in [3.05, 3.63) is 0 Å².